The second-order valence-electron chi connectivity index (χ2n) is 4.07. The second kappa shape index (κ2) is 5.46. The Morgan fingerprint density at radius 2 is 2.17 bits per heavy atom. The average Bonchev–Trinajstić information content (AvgIpc) is 2.86. The lowest BCUT2D eigenvalue weighted by atomic mass is 10.3. The summed E-state index contributed by atoms with van der Waals surface area (Å²) in [6.45, 7) is 1.85. The lowest BCUT2D eigenvalue weighted by Crippen LogP contribution is -2.30. The number of carbonyl (C=O) groups excluding carboxylic acids is 1. The molecule has 0 aliphatic carbocycles. The van der Waals surface area contributed by atoms with E-state index in [0.29, 0.717) is 5.56 Å². The maximum atomic E-state index is 11.7. The maximum absolute atomic E-state index is 11.7. The summed E-state index contributed by atoms with van der Waals surface area (Å²) < 4.78 is 1.64. The van der Waals surface area contributed by atoms with E-state index >= 15 is 0 Å². The maximum Gasteiger partial charge on any atom is 0.254 e. The molecule has 1 atom stereocenters. The molecule has 0 spiro atoms. The predicted molar refractivity (Wildman–Crippen MR) is 67.6 cm³/mol. The SMILES string of the molecule is C[C@@H](O)CNC(=O)c1cnn(-c2ccccc2)c1. The summed E-state index contributed by atoms with van der Waals surface area (Å²) in [4.78, 5) is 11.7. The van der Waals surface area contributed by atoms with Crippen LogP contribution in [0.5, 0.6) is 0 Å². The molecule has 94 valence electrons. The standard InChI is InChI=1S/C13H15N3O2/c1-10(17)7-14-13(18)11-8-15-16(9-11)12-5-3-2-4-6-12/h2-6,8-10,17H,7H2,1H3,(H,14,18)/t10-/m1/s1. The van der Waals surface area contributed by atoms with Crippen LogP contribution in [0.3, 0.4) is 0 Å². The molecule has 1 aromatic heterocycles. The molecule has 1 aromatic carbocycles. The number of nitrogens with one attached hydrogen (secondary N) is 1. The van der Waals surface area contributed by atoms with Gasteiger partial charge in [-0.05, 0) is 19.1 Å². The van der Waals surface area contributed by atoms with E-state index in [4.69, 9.17) is 5.11 Å². The van der Waals surface area contributed by atoms with Crippen molar-refractivity contribution in [2.24, 2.45) is 0 Å². The summed E-state index contributed by atoms with van der Waals surface area (Å²) in [5.41, 5.74) is 1.37. The highest BCUT2D eigenvalue weighted by molar-refractivity contribution is 5.93. The highest BCUT2D eigenvalue weighted by Gasteiger charge is 2.09. The summed E-state index contributed by atoms with van der Waals surface area (Å²) in [7, 11) is 0. The Balaban J connectivity index is 2.09. The molecule has 0 radical (unpaired) electrons. The molecule has 0 unspecified atom stereocenters. The zero-order chi connectivity index (χ0) is 13.0. The van der Waals surface area contributed by atoms with Gasteiger partial charge in [-0.25, -0.2) is 4.68 Å². The number of para-hydroxylation sites is 1. The van der Waals surface area contributed by atoms with Crippen LogP contribution in [0.15, 0.2) is 42.7 Å². The third-order valence-corrected chi connectivity index (χ3v) is 2.42. The van der Waals surface area contributed by atoms with Crippen molar-refractivity contribution in [3.63, 3.8) is 0 Å². The van der Waals surface area contributed by atoms with E-state index in [-0.39, 0.29) is 12.5 Å². The van der Waals surface area contributed by atoms with Crippen LogP contribution in [0.2, 0.25) is 0 Å². The van der Waals surface area contributed by atoms with Crippen LogP contribution < -0.4 is 5.32 Å². The first kappa shape index (κ1) is 12.3. The lowest BCUT2D eigenvalue weighted by molar-refractivity contribution is 0.0924. The number of nitrogens with zero attached hydrogens (tertiary/aromatic N) is 2. The molecule has 2 N–H and O–H groups in total. The molecular formula is C13H15N3O2. The van der Waals surface area contributed by atoms with Gasteiger partial charge in [0.25, 0.3) is 5.91 Å². The molecular weight excluding hydrogens is 230 g/mol. The fraction of sp³-hybridized carbons (Fsp3) is 0.231. The van der Waals surface area contributed by atoms with E-state index in [0.717, 1.165) is 5.69 Å². The molecule has 0 saturated carbocycles. The van der Waals surface area contributed by atoms with Gasteiger partial charge in [-0.2, -0.15) is 5.10 Å². The van der Waals surface area contributed by atoms with Gasteiger partial charge in [0.05, 0.1) is 23.6 Å². The minimum absolute atomic E-state index is 0.231. The summed E-state index contributed by atoms with van der Waals surface area (Å²) in [6, 6.07) is 9.55. The third-order valence-electron chi connectivity index (χ3n) is 2.42. The molecule has 18 heavy (non-hydrogen) atoms. The van der Waals surface area contributed by atoms with Crippen LogP contribution in [0.25, 0.3) is 5.69 Å². The van der Waals surface area contributed by atoms with Crippen molar-refractivity contribution < 1.29 is 9.90 Å². The Labute approximate surface area is 105 Å². The van der Waals surface area contributed by atoms with Gasteiger partial charge >= 0.3 is 0 Å². The van der Waals surface area contributed by atoms with Crippen molar-refractivity contribution >= 4 is 5.91 Å². The predicted octanol–water partition coefficient (Wildman–Crippen LogP) is 0.983. The molecule has 0 aliphatic heterocycles. The number of aromatic nitrogens is 2. The zero-order valence-corrected chi connectivity index (χ0v) is 10.1. The van der Waals surface area contributed by atoms with Gasteiger partial charge < -0.3 is 10.4 Å². The van der Waals surface area contributed by atoms with E-state index in [1.54, 1.807) is 17.8 Å². The molecule has 1 heterocycles. The largest absolute Gasteiger partial charge is 0.392 e. The molecule has 5 nitrogen and oxygen atoms in total. The van der Waals surface area contributed by atoms with Crippen molar-refractivity contribution in [2.75, 3.05) is 6.54 Å². The van der Waals surface area contributed by atoms with Gasteiger partial charge in [-0.1, -0.05) is 18.2 Å². The van der Waals surface area contributed by atoms with Gasteiger partial charge in [-0.3, -0.25) is 4.79 Å². The van der Waals surface area contributed by atoms with Crippen LogP contribution in [-0.4, -0.2) is 33.4 Å². The summed E-state index contributed by atoms with van der Waals surface area (Å²) in [5.74, 6) is -0.238. The number of hydrogen-bond donors (Lipinski definition) is 2. The molecule has 0 fully saturated rings. The highest BCUT2D eigenvalue weighted by atomic mass is 16.3. The number of rotatable bonds is 4. The van der Waals surface area contributed by atoms with Crippen molar-refractivity contribution in [1.29, 1.82) is 0 Å². The highest BCUT2D eigenvalue weighted by Crippen LogP contribution is 2.07. The average molecular weight is 245 g/mol. The van der Waals surface area contributed by atoms with Crippen LogP contribution in [-0.2, 0) is 0 Å². The third kappa shape index (κ3) is 2.95. The van der Waals surface area contributed by atoms with Crippen LogP contribution in [0.1, 0.15) is 17.3 Å². The van der Waals surface area contributed by atoms with Gasteiger partial charge in [0.2, 0.25) is 0 Å². The van der Waals surface area contributed by atoms with Gasteiger partial charge in [0.15, 0.2) is 0 Å². The van der Waals surface area contributed by atoms with Crippen molar-refractivity contribution in [2.45, 2.75) is 13.0 Å². The summed E-state index contributed by atoms with van der Waals surface area (Å²) >= 11 is 0. The van der Waals surface area contributed by atoms with Crippen molar-refractivity contribution in [1.82, 2.24) is 15.1 Å². The minimum Gasteiger partial charge on any atom is -0.392 e. The number of hydrogen-bond acceptors (Lipinski definition) is 3. The first-order valence-electron chi connectivity index (χ1n) is 5.73. The first-order valence-corrected chi connectivity index (χ1v) is 5.73. The van der Waals surface area contributed by atoms with Crippen LogP contribution in [0, 0.1) is 0 Å². The number of carbonyl (C=O) groups is 1. The Hall–Kier alpha value is -2.14. The molecule has 5 heteroatoms. The van der Waals surface area contributed by atoms with Gasteiger partial charge in [0, 0.05) is 12.7 Å². The van der Waals surface area contributed by atoms with E-state index < -0.39 is 6.10 Å². The van der Waals surface area contributed by atoms with Gasteiger partial charge in [-0.15, -0.1) is 0 Å². The molecule has 2 rings (SSSR count). The molecule has 1 amide bonds. The number of benzene rings is 1. The smallest absolute Gasteiger partial charge is 0.254 e. The number of aliphatic hydroxyl groups excluding tert-OH is 1. The van der Waals surface area contributed by atoms with E-state index in [2.05, 4.69) is 10.4 Å². The quantitative estimate of drug-likeness (QED) is 0.844. The first-order chi connectivity index (χ1) is 8.66. The Morgan fingerprint density at radius 3 is 2.83 bits per heavy atom. The topological polar surface area (TPSA) is 67.2 Å². The van der Waals surface area contributed by atoms with E-state index in [1.807, 2.05) is 30.3 Å². The Kier molecular flexibility index (Phi) is 3.74. The number of aliphatic hydroxyl groups is 1. The zero-order valence-electron chi connectivity index (χ0n) is 10.1. The minimum atomic E-state index is -0.557. The monoisotopic (exact) mass is 245 g/mol. The molecule has 0 bridgehead atoms. The van der Waals surface area contributed by atoms with Crippen LogP contribution in [0.4, 0.5) is 0 Å². The van der Waals surface area contributed by atoms with Crippen molar-refractivity contribution in [3.05, 3.63) is 48.3 Å². The summed E-state index contributed by atoms with van der Waals surface area (Å²) in [6.07, 6.45) is 2.61. The lowest BCUT2D eigenvalue weighted by Gasteiger charge is -2.05. The fourth-order valence-corrected chi connectivity index (χ4v) is 1.50. The summed E-state index contributed by atoms with van der Waals surface area (Å²) in [5, 5.41) is 15.8. The molecule has 2 aromatic rings. The van der Waals surface area contributed by atoms with E-state index in [1.165, 1.54) is 6.20 Å². The van der Waals surface area contributed by atoms with Crippen molar-refractivity contribution in [3.8, 4) is 5.69 Å². The number of amides is 1. The fourth-order valence-electron chi connectivity index (χ4n) is 1.50. The van der Waals surface area contributed by atoms with E-state index in [9.17, 15) is 4.79 Å². The Bertz CT molecular complexity index is 520. The molecule has 0 saturated heterocycles. The Morgan fingerprint density at radius 1 is 1.44 bits per heavy atom. The van der Waals surface area contributed by atoms with Crippen LogP contribution >= 0.6 is 0 Å². The van der Waals surface area contributed by atoms with Gasteiger partial charge in [0.1, 0.15) is 0 Å². The normalized spacial score (nSPS) is 12.1. The second-order valence-corrected chi connectivity index (χ2v) is 4.07. The molecule has 0 aliphatic rings.